The van der Waals surface area contributed by atoms with Gasteiger partial charge in [-0.1, -0.05) is 11.3 Å². The molecule has 0 aliphatic heterocycles. The maximum Gasteiger partial charge on any atom is 0.324 e. The molecule has 0 bridgehead atoms. The third-order valence-corrected chi connectivity index (χ3v) is 3.33. The van der Waals surface area contributed by atoms with Gasteiger partial charge in [0.05, 0.1) is 16.2 Å². The molecule has 1 heterocycles. The fourth-order valence-corrected chi connectivity index (χ4v) is 2.24. The molecule has 0 spiro atoms. The predicted molar refractivity (Wildman–Crippen MR) is 69.4 cm³/mol. The van der Waals surface area contributed by atoms with Gasteiger partial charge in [-0.3, -0.25) is 10.1 Å². The maximum atomic E-state index is 12.9. The minimum atomic E-state index is -0.478. The number of rotatable bonds is 4. The highest BCUT2D eigenvalue weighted by molar-refractivity contribution is 7.13. The van der Waals surface area contributed by atoms with Crippen LogP contribution < -0.4 is 5.32 Å². The highest BCUT2D eigenvalue weighted by Crippen LogP contribution is 2.24. The second-order valence-corrected chi connectivity index (χ2v) is 4.60. The Morgan fingerprint density at radius 1 is 1.47 bits per heavy atom. The molecule has 2 aromatic rings. The molecule has 0 atom stereocenters. The number of nitrogens with zero attached hydrogens (tertiary/aromatic N) is 2. The first-order chi connectivity index (χ1) is 9.10. The first-order valence-electron chi connectivity index (χ1n) is 5.25. The van der Waals surface area contributed by atoms with Crippen LogP contribution in [-0.2, 0) is 6.54 Å². The number of halogens is 1. The lowest BCUT2D eigenvalue weighted by atomic mass is 10.2. The second kappa shape index (κ2) is 5.46. The van der Waals surface area contributed by atoms with Gasteiger partial charge in [0.2, 0.25) is 0 Å². The number of hydrogen-bond acceptors (Lipinski definition) is 5. The van der Waals surface area contributed by atoms with E-state index in [4.69, 9.17) is 5.26 Å². The van der Waals surface area contributed by atoms with E-state index in [1.54, 1.807) is 5.38 Å². The Morgan fingerprint density at radius 2 is 2.26 bits per heavy atom. The lowest BCUT2D eigenvalue weighted by Gasteiger charge is -2.06. The number of nitro groups is 1. The molecule has 96 valence electrons. The number of benzene rings is 1. The summed E-state index contributed by atoms with van der Waals surface area (Å²) in [6, 6.07) is 7.21. The molecule has 7 heteroatoms. The van der Waals surface area contributed by atoms with Crippen molar-refractivity contribution in [2.45, 2.75) is 6.54 Å². The molecular formula is C12H8FN3O2S. The van der Waals surface area contributed by atoms with E-state index in [-0.39, 0.29) is 10.6 Å². The third-order valence-electron chi connectivity index (χ3n) is 2.40. The predicted octanol–water partition coefficient (Wildman–Crippen LogP) is 3.28. The molecule has 0 aliphatic carbocycles. The molecule has 0 saturated heterocycles. The van der Waals surface area contributed by atoms with Gasteiger partial charge in [0.25, 0.3) is 0 Å². The minimum Gasteiger partial charge on any atom is -0.380 e. The molecule has 0 unspecified atom stereocenters. The van der Waals surface area contributed by atoms with Gasteiger partial charge in [-0.05, 0) is 23.8 Å². The van der Waals surface area contributed by atoms with Gasteiger partial charge in [0.1, 0.15) is 11.9 Å². The van der Waals surface area contributed by atoms with E-state index in [0.717, 1.165) is 23.0 Å². The monoisotopic (exact) mass is 277 g/mol. The van der Waals surface area contributed by atoms with Gasteiger partial charge >= 0.3 is 5.00 Å². The summed E-state index contributed by atoms with van der Waals surface area (Å²) in [4.78, 5) is 10.1. The van der Waals surface area contributed by atoms with Gasteiger partial charge in [0, 0.05) is 18.0 Å². The zero-order valence-electron chi connectivity index (χ0n) is 9.59. The Hall–Kier alpha value is -2.46. The minimum absolute atomic E-state index is 0.0661. The fourth-order valence-electron chi connectivity index (χ4n) is 1.51. The number of hydrogen-bond donors (Lipinski definition) is 1. The average molecular weight is 277 g/mol. The fraction of sp³-hybridized carbons (Fsp3) is 0.0833. The summed E-state index contributed by atoms with van der Waals surface area (Å²) in [5.74, 6) is -0.478. The van der Waals surface area contributed by atoms with Gasteiger partial charge in [-0.25, -0.2) is 4.39 Å². The van der Waals surface area contributed by atoms with E-state index in [2.05, 4.69) is 5.32 Å². The molecule has 2 rings (SSSR count). The van der Waals surface area contributed by atoms with Crippen molar-refractivity contribution in [3.8, 4) is 6.07 Å². The van der Waals surface area contributed by atoms with Crippen molar-refractivity contribution in [1.29, 1.82) is 5.26 Å². The van der Waals surface area contributed by atoms with Crippen molar-refractivity contribution in [2.24, 2.45) is 0 Å². The average Bonchev–Trinajstić information content (AvgIpc) is 2.86. The summed E-state index contributed by atoms with van der Waals surface area (Å²) in [5.41, 5.74) is 1.44. The molecule has 0 radical (unpaired) electrons. The Labute approximate surface area is 112 Å². The van der Waals surface area contributed by atoms with Crippen molar-refractivity contribution in [1.82, 2.24) is 0 Å². The number of thiophene rings is 1. The van der Waals surface area contributed by atoms with E-state index in [1.165, 1.54) is 18.2 Å². The Balaban J connectivity index is 2.10. The normalized spacial score (nSPS) is 9.89. The largest absolute Gasteiger partial charge is 0.380 e. The summed E-state index contributed by atoms with van der Waals surface area (Å²) < 4.78 is 12.9. The highest BCUT2D eigenvalue weighted by Gasteiger charge is 2.10. The van der Waals surface area contributed by atoms with Crippen LogP contribution in [-0.4, -0.2) is 4.92 Å². The molecule has 0 amide bonds. The van der Waals surface area contributed by atoms with Crippen LogP contribution in [0.5, 0.6) is 0 Å². The van der Waals surface area contributed by atoms with Gasteiger partial charge in [0.15, 0.2) is 0 Å². The van der Waals surface area contributed by atoms with Crippen molar-refractivity contribution < 1.29 is 9.31 Å². The Bertz CT molecular complexity index is 663. The first-order valence-corrected chi connectivity index (χ1v) is 6.13. The summed E-state index contributed by atoms with van der Waals surface area (Å²) >= 11 is 1.04. The van der Waals surface area contributed by atoms with E-state index < -0.39 is 10.7 Å². The summed E-state index contributed by atoms with van der Waals surface area (Å²) in [5, 5.41) is 24.1. The summed E-state index contributed by atoms with van der Waals surface area (Å²) in [6.07, 6.45) is 0. The van der Waals surface area contributed by atoms with Crippen LogP contribution in [0.25, 0.3) is 0 Å². The molecule has 1 N–H and O–H groups in total. The van der Waals surface area contributed by atoms with Crippen LogP contribution >= 0.6 is 11.3 Å². The van der Waals surface area contributed by atoms with E-state index in [0.29, 0.717) is 12.2 Å². The van der Waals surface area contributed by atoms with Crippen molar-refractivity contribution in [3.05, 3.63) is 56.7 Å². The molecule has 0 fully saturated rings. The van der Waals surface area contributed by atoms with Crippen molar-refractivity contribution in [2.75, 3.05) is 5.32 Å². The molecule has 1 aromatic carbocycles. The molecule has 0 aliphatic rings. The van der Waals surface area contributed by atoms with Gasteiger partial charge in [-0.2, -0.15) is 5.26 Å². The quantitative estimate of drug-likeness (QED) is 0.687. The number of nitrogens with one attached hydrogen (secondary N) is 1. The topological polar surface area (TPSA) is 79.0 Å². The molecule has 19 heavy (non-hydrogen) atoms. The lowest BCUT2D eigenvalue weighted by Crippen LogP contribution is -2.00. The van der Waals surface area contributed by atoms with Crippen molar-refractivity contribution >= 4 is 22.0 Å². The molecule has 5 nitrogen and oxygen atoms in total. The molecule has 1 aromatic heterocycles. The lowest BCUT2D eigenvalue weighted by molar-refractivity contribution is -0.380. The van der Waals surface area contributed by atoms with Crippen molar-refractivity contribution in [3.63, 3.8) is 0 Å². The van der Waals surface area contributed by atoms with Crippen LogP contribution in [0.15, 0.2) is 29.6 Å². The Kier molecular flexibility index (Phi) is 3.73. The molecular weight excluding hydrogens is 269 g/mol. The van der Waals surface area contributed by atoms with Crippen LogP contribution in [0.3, 0.4) is 0 Å². The number of nitriles is 1. The van der Waals surface area contributed by atoms with Crippen LogP contribution in [0.4, 0.5) is 15.1 Å². The zero-order valence-corrected chi connectivity index (χ0v) is 10.4. The van der Waals surface area contributed by atoms with Gasteiger partial charge in [-0.15, -0.1) is 0 Å². The summed E-state index contributed by atoms with van der Waals surface area (Å²) in [7, 11) is 0. The van der Waals surface area contributed by atoms with Crippen LogP contribution in [0, 0.1) is 27.3 Å². The van der Waals surface area contributed by atoms with E-state index in [1.807, 2.05) is 6.07 Å². The Morgan fingerprint density at radius 3 is 2.89 bits per heavy atom. The second-order valence-electron chi connectivity index (χ2n) is 3.71. The summed E-state index contributed by atoms with van der Waals surface area (Å²) in [6.45, 7) is 0.338. The first kappa shape index (κ1) is 13.0. The number of anilines is 1. The molecule has 0 saturated carbocycles. The van der Waals surface area contributed by atoms with Crippen LogP contribution in [0.1, 0.15) is 11.1 Å². The van der Waals surface area contributed by atoms with E-state index >= 15 is 0 Å². The van der Waals surface area contributed by atoms with E-state index in [9.17, 15) is 14.5 Å². The standard InChI is InChI=1S/C12H8FN3O2S/c13-10-1-2-11(9(4-10)5-14)15-6-8-3-12(16(17)18)19-7-8/h1-4,7,15H,6H2. The van der Waals surface area contributed by atoms with Crippen LogP contribution in [0.2, 0.25) is 0 Å². The highest BCUT2D eigenvalue weighted by atomic mass is 32.1. The SMILES string of the molecule is N#Cc1cc(F)ccc1NCc1csc([N+](=O)[O-])c1. The van der Waals surface area contributed by atoms with Gasteiger partial charge < -0.3 is 5.32 Å². The smallest absolute Gasteiger partial charge is 0.324 e. The zero-order chi connectivity index (χ0) is 13.8. The maximum absolute atomic E-state index is 12.9. The third kappa shape index (κ3) is 3.05.